The Morgan fingerprint density at radius 2 is 2.15 bits per heavy atom. The van der Waals surface area contributed by atoms with Gasteiger partial charge in [0.05, 0.1) is 23.8 Å². The van der Waals surface area contributed by atoms with Crippen molar-refractivity contribution in [3.05, 3.63) is 53.2 Å². The highest BCUT2D eigenvalue weighted by Crippen LogP contribution is 2.33. The molecule has 1 aliphatic heterocycles. The molecule has 0 aromatic carbocycles. The summed E-state index contributed by atoms with van der Waals surface area (Å²) in [4.78, 5) is 12.1. The Bertz CT molecular complexity index is 974. The lowest BCUT2D eigenvalue weighted by Gasteiger charge is -2.26. The van der Waals surface area contributed by atoms with Crippen LogP contribution >= 0.6 is 11.3 Å². The van der Waals surface area contributed by atoms with Crippen molar-refractivity contribution in [1.82, 2.24) is 14.9 Å². The average molecular weight is 377 g/mol. The van der Waals surface area contributed by atoms with E-state index in [2.05, 4.69) is 32.4 Å². The topological polar surface area (TPSA) is 88.1 Å². The van der Waals surface area contributed by atoms with Gasteiger partial charge in [0, 0.05) is 43.2 Å². The summed E-state index contributed by atoms with van der Waals surface area (Å²) in [6.07, 6.45) is 3.44. The quantitative estimate of drug-likeness (QED) is 0.751. The number of ether oxygens (including phenoxy) is 1. The van der Waals surface area contributed by atoms with E-state index in [0.717, 1.165) is 54.5 Å². The van der Waals surface area contributed by atoms with Crippen LogP contribution in [0.5, 0.6) is 0 Å². The van der Waals surface area contributed by atoms with Gasteiger partial charge in [0.2, 0.25) is 0 Å². The molecular formula is C20H19N5OS. The highest BCUT2D eigenvalue weighted by atomic mass is 32.1. The maximum absolute atomic E-state index is 9.50. The summed E-state index contributed by atoms with van der Waals surface area (Å²) in [5, 5.41) is 11.7. The molecule has 4 rings (SSSR count). The predicted molar refractivity (Wildman–Crippen MR) is 106 cm³/mol. The Balaban J connectivity index is 1.66. The van der Waals surface area contributed by atoms with Crippen molar-refractivity contribution < 1.29 is 4.74 Å². The Labute approximate surface area is 161 Å². The summed E-state index contributed by atoms with van der Waals surface area (Å²) in [6, 6.07) is 10.0. The Kier molecular flexibility index (Phi) is 5.12. The van der Waals surface area contributed by atoms with Gasteiger partial charge in [0.15, 0.2) is 0 Å². The molecule has 2 N–H and O–H groups in total. The van der Waals surface area contributed by atoms with Crippen molar-refractivity contribution in [2.45, 2.75) is 6.54 Å². The van der Waals surface area contributed by atoms with Gasteiger partial charge < -0.3 is 10.5 Å². The molecule has 0 amide bonds. The molecule has 0 aliphatic carbocycles. The number of nitrogens with zero attached hydrogens (tertiary/aromatic N) is 4. The maximum Gasteiger partial charge on any atom is 0.142 e. The molecule has 1 saturated heterocycles. The second-order valence-corrected chi connectivity index (χ2v) is 7.29. The molecular weight excluding hydrogens is 358 g/mol. The van der Waals surface area contributed by atoms with E-state index >= 15 is 0 Å². The lowest BCUT2D eigenvalue weighted by molar-refractivity contribution is 0.0342. The second kappa shape index (κ2) is 7.84. The van der Waals surface area contributed by atoms with Crippen molar-refractivity contribution in [1.29, 1.82) is 5.26 Å². The molecule has 6 nitrogen and oxygen atoms in total. The van der Waals surface area contributed by atoms with E-state index in [9.17, 15) is 5.26 Å². The highest BCUT2D eigenvalue weighted by molar-refractivity contribution is 7.13. The summed E-state index contributed by atoms with van der Waals surface area (Å²) in [5.41, 5.74) is 10.1. The number of hydrogen-bond donors (Lipinski definition) is 1. The molecule has 1 fully saturated rings. The van der Waals surface area contributed by atoms with Crippen LogP contribution in [0.1, 0.15) is 11.1 Å². The second-order valence-electron chi connectivity index (χ2n) is 6.38. The number of thiophene rings is 1. The monoisotopic (exact) mass is 377 g/mol. The minimum Gasteiger partial charge on any atom is -0.383 e. The molecule has 0 bridgehead atoms. The summed E-state index contributed by atoms with van der Waals surface area (Å²) in [7, 11) is 0. The number of nitrogen functional groups attached to an aromatic ring is 1. The Hall–Kier alpha value is -2.79. The number of nitrogens with two attached hydrogens (primary N) is 1. The third kappa shape index (κ3) is 3.83. The number of nitriles is 1. The van der Waals surface area contributed by atoms with Crippen LogP contribution < -0.4 is 5.73 Å². The fourth-order valence-electron chi connectivity index (χ4n) is 3.17. The van der Waals surface area contributed by atoms with Crippen LogP contribution in [0.3, 0.4) is 0 Å². The summed E-state index contributed by atoms with van der Waals surface area (Å²) in [5.74, 6) is 0.247. The zero-order valence-electron chi connectivity index (χ0n) is 14.8. The Morgan fingerprint density at radius 3 is 2.89 bits per heavy atom. The maximum atomic E-state index is 9.50. The number of rotatable bonds is 4. The average Bonchev–Trinajstić information content (AvgIpc) is 3.17. The fourth-order valence-corrected chi connectivity index (χ4v) is 4.03. The van der Waals surface area contributed by atoms with Crippen LogP contribution in [-0.4, -0.2) is 41.2 Å². The molecule has 3 aromatic rings. The molecule has 1 aliphatic rings. The number of pyridine rings is 2. The largest absolute Gasteiger partial charge is 0.383 e. The van der Waals surface area contributed by atoms with Gasteiger partial charge in [-0.3, -0.25) is 9.88 Å². The van der Waals surface area contributed by atoms with E-state index in [1.807, 2.05) is 18.2 Å². The molecule has 0 radical (unpaired) electrons. The number of anilines is 1. The fraction of sp³-hybridized carbons (Fsp3) is 0.250. The van der Waals surface area contributed by atoms with Crippen LogP contribution in [-0.2, 0) is 11.3 Å². The standard InChI is InChI=1S/C20H19N5OS/c21-10-17-16(15-2-1-3-23-11-15)9-18(24-20(17)22)19-8-14(13-27-19)12-25-4-6-26-7-5-25/h1-3,8-9,11,13H,4-7,12H2,(H2,22,24). The molecule has 3 aromatic heterocycles. The van der Waals surface area contributed by atoms with E-state index in [1.54, 1.807) is 23.7 Å². The van der Waals surface area contributed by atoms with Crippen molar-refractivity contribution in [3.63, 3.8) is 0 Å². The van der Waals surface area contributed by atoms with E-state index in [4.69, 9.17) is 10.5 Å². The molecule has 0 spiro atoms. The van der Waals surface area contributed by atoms with Gasteiger partial charge in [-0.15, -0.1) is 11.3 Å². The molecule has 0 atom stereocenters. The third-order valence-electron chi connectivity index (χ3n) is 4.55. The zero-order valence-corrected chi connectivity index (χ0v) is 15.6. The first-order valence-corrected chi connectivity index (χ1v) is 9.61. The molecule has 0 unspecified atom stereocenters. The SMILES string of the molecule is N#Cc1c(-c2cccnc2)cc(-c2cc(CN3CCOCC3)cs2)nc1N. The third-order valence-corrected chi connectivity index (χ3v) is 5.55. The lowest BCUT2D eigenvalue weighted by atomic mass is 10.0. The molecule has 0 saturated carbocycles. The van der Waals surface area contributed by atoms with Gasteiger partial charge in [-0.1, -0.05) is 6.07 Å². The zero-order chi connectivity index (χ0) is 18.6. The molecule has 136 valence electrons. The first-order valence-electron chi connectivity index (χ1n) is 8.73. The minimum atomic E-state index is 0.247. The first kappa shape index (κ1) is 17.6. The van der Waals surface area contributed by atoms with Gasteiger partial charge >= 0.3 is 0 Å². The lowest BCUT2D eigenvalue weighted by Crippen LogP contribution is -2.35. The van der Waals surface area contributed by atoms with Crippen LogP contribution in [0.2, 0.25) is 0 Å². The van der Waals surface area contributed by atoms with Gasteiger partial charge in [-0.05, 0) is 29.1 Å². The Morgan fingerprint density at radius 1 is 1.30 bits per heavy atom. The molecule has 27 heavy (non-hydrogen) atoms. The van der Waals surface area contributed by atoms with Crippen molar-refractivity contribution in [3.8, 4) is 27.8 Å². The molecule has 7 heteroatoms. The summed E-state index contributed by atoms with van der Waals surface area (Å²) < 4.78 is 5.41. The van der Waals surface area contributed by atoms with Gasteiger partial charge in [0.1, 0.15) is 17.5 Å². The van der Waals surface area contributed by atoms with Crippen molar-refractivity contribution >= 4 is 17.2 Å². The summed E-state index contributed by atoms with van der Waals surface area (Å²) >= 11 is 1.64. The van der Waals surface area contributed by atoms with Crippen LogP contribution in [0, 0.1) is 11.3 Å². The van der Waals surface area contributed by atoms with Crippen LogP contribution in [0.15, 0.2) is 42.0 Å². The number of aromatic nitrogens is 2. The van der Waals surface area contributed by atoms with E-state index in [1.165, 1.54) is 5.56 Å². The van der Waals surface area contributed by atoms with E-state index < -0.39 is 0 Å². The van der Waals surface area contributed by atoms with Crippen molar-refractivity contribution in [2.24, 2.45) is 0 Å². The summed E-state index contributed by atoms with van der Waals surface area (Å²) in [6.45, 7) is 4.40. The van der Waals surface area contributed by atoms with Crippen molar-refractivity contribution in [2.75, 3.05) is 32.0 Å². The van der Waals surface area contributed by atoms with Crippen LogP contribution in [0.25, 0.3) is 21.7 Å². The molecule has 4 heterocycles. The number of morpholine rings is 1. The van der Waals surface area contributed by atoms with E-state index in [-0.39, 0.29) is 5.82 Å². The van der Waals surface area contributed by atoms with E-state index in [0.29, 0.717) is 5.56 Å². The first-order chi connectivity index (χ1) is 13.2. The van der Waals surface area contributed by atoms with Gasteiger partial charge in [0.25, 0.3) is 0 Å². The predicted octanol–water partition coefficient (Wildman–Crippen LogP) is 3.16. The minimum absolute atomic E-state index is 0.247. The highest BCUT2D eigenvalue weighted by Gasteiger charge is 2.16. The number of hydrogen-bond acceptors (Lipinski definition) is 7. The smallest absolute Gasteiger partial charge is 0.142 e. The van der Waals surface area contributed by atoms with Gasteiger partial charge in [-0.25, -0.2) is 4.98 Å². The van der Waals surface area contributed by atoms with Crippen LogP contribution in [0.4, 0.5) is 5.82 Å². The normalized spacial score (nSPS) is 14.8. The van der Waals surface area contributed by atoms with Gasteiger partial charge in [-0.2, -0.15) is 5.26 Å².